The highest BCUT2D eigenvalue weighted by atomic mass is 79.9. The van der Waals surface area contributed by atoms with Gasteiger partial charge in [-0.05, 0) is 51.8 Å². The number of hydrogen-bond acceptors (Lipinski definition) is 2. The molecular weight excluding hydrogens is 373 g/mol. The summed E-state index contributed by atoms with van der Waals surface area (Å²) in [6.07, 6.45) is 3.15. The summed E-state index contributed by atoms with van der Waals surface area (Å²) in [5, 5.41) is 9.68. The summed E-state index contributed by atoms with van der Waals surface area (Å²) < 4.78 is 6.55. The van der Waals surface area contributed by atoms with Crippen LogP contribution in [0.15, 0.2) is 46.9 Å². The van der Waals surface area contributed by atoms with Crippen molar-refractivity contribution >= 4 is 45.2 Å². The Morgan fingerprint density at radius 2 is 2.00 bits per heavy atom. The Balaban J connectivity index is 2.10. The Labute approximate surface area is 141 Å². The molecule has 106 valence electrons. The zero-order valence-electron chi connectivity index (χ0n) is 10.8. The number of halogens is 3. The topological polar surface area (TPSA) is 33.0 Å². The van der Waals surface area contributed by atoms with E-state index in [0.29, 0.717) is 22.4 Å². The molecule has 5 heteroatoms. The molecule has 0 amide bonds. The van der Waals surface area contributed by atoms with Crippen LogP contribution in [-0.4, -0.2) is 0 Å². The first-order chi connectivity index (χ1) is 10.1. The Morgan fingerprint density at radius 3 is 2.67 bits per heavy atom. The quantitative estimate of drug-likeness (QED) is 0.619. The van der Waals surface area contributed by atoms with Crippen molar-refractivity contribution in [3.63, 3.8) is 0 Å². The molecule has 2 nitrogen and oxygen atoms in total. The smallest absolute Gasteiger partial charge is 0.134 e. The molecule has 0 spiro atoms. The second-order valence-electron chi connectivity index (χ2n) is 4.18. The maximum atomic E-state index is 8.51. The third kappa shape index (κ3) is 4.50. The van der Waals surface area contributed by atoms with Crippen LogP contribution in [-0.2, 0) is 6.61 Å². The zero-order valence-corrected chi connectivity index (χ0v) is 13.9. The molecule has 21 heavy (non-hydrogen) atoms. The van der Waals surface area contributed by atoms with Gasteiger partial charge in [0.2, 0.25) is 0 Å². The molecule has 0 heterocycles. The molecule has 0 saturated heterocycles. The Bertz CT molecular complexity index is 723. The van der Waals surface area contributed by atoms with Gasteiger partial charge in [0.25, 0.3) is 0 Å². The van der Waals surface area contributed by atoms with Crippen LogP contribution in [0.1, 0.15) is 11.1 Å². The van der Waals surface area contributed by atoms with E-state index in [2.05, 4.69) is 15.9 Å². The van der Waals surface area contributed by atoms with Crippen LogP contribution >= 0.6 is 39.1 Å². The van der Waals surface area contributed by atoms with Gasteiger partial charge in [0.15, 0.2) is 0 Å². The van der Waals surface area contributed by atoms with Gasteiger partial charge in [0.05, 0.1) is 10.5 Å². The van der Waals surface area contributed by atoms with Gasteiger partial charge >= 0.3 is 0 Å². The van der Waals surface area contributed by atoms with Gasteiger partial charge in [0, 0.05) is 21.7 Å². The van der Waals surface area contributed by atoms with Gasteiger partial charge in [-0.1, -0.05) is 35.3 Å². The molecule has 0 N–H and O–H groups in total. The first kappa shape index (κ1) is 15.9. The highest BCUT2D eigenvalue weighted by Gasteiger charge is 2.05. The standard InChI is InChI=1S/C16H10BrCl2NO/c17-14-8-11(2-1-7-20)3-6-16(14)21-10-12-4-5-13(18)9-15(12)19/h1-6,8-9H,10H2. The summed E-state index contributed by atoms with van der Waals surface area (Å²) in [4.78, 5) is 0. The molecule has 0 aliphatic rings. The number of rotatable bonds is 4. The van der Waals surface area contributed by atoms with Crippen LogP contribution in [0, 0.1) is 11.3 Å². The second-order valence-corrected chi connectivity index (χ2v) is 5.87. The second kappa shape index (κ2) is 7.51. The normalized spacial score (nSPS) is 10.6. The maximum Gasteiger partial charge on any atom is 0.134 e. The van der Waals surface area contributed by atoms with E-state index in [1.54, 1.807) is 18.2 Å². The lowest BCUT2D eigenvalue weighted by Gasteiger charge is -2.10. The molecule has 2 aromatic carbocycles. The average molecular weight is 383 g/mol. The lowest BCUT2D eigenvalue weighted by molar-refractivity contribution is 0.304. The van der Waals surface area contributed by atoms with Crippen LogP contribution in [0.3, 0.4) is 0 Å². The summed E-state index contributed by atoms with van der Waals surface area (Å²) in [7, 11) is 0. The highest BCUT2D eigenvalue weighted by Crippen LogP contribution is 2.28. The number of nitrogens with zero attached hydrogens (tertiary/aromatic N) is 1. The minimum atomic E-state index is 0.349. The molecule has 0 fully saturated rings. The van der Waals surface area contributed by atoms with Crippen molar-refractivity contribution in [3.8, 4) is 11.8 Å². The number of benzene rings is 2. The summed E-state index contributed by atoms with van der Waals surface area (Å²) in [5.41, 5.74) is 1.78. The first-order valence-electron chi connectivity index (χ1n) is 6.02. The van der Waals surface area contributed by atoms with Gasteiger partial charge in [-0.15, -0.1) is 0 Å². The third-order valence-electron chi connectivity index (χ3n) is 2.70. The van der Waals surface area contributed by atoms with Crippen LogP contribution in [0.25, 0.3) is 6.08 Å². The molecule has 0 unspecified atom stereocenters. The number of ether oxygens (including phenoxy) is 1. The molecule has 0 radical (unpaired) electrons. The fraction of sp³-hybridized carbons (Fsp3) is 0.0625. The number of hydrogen-bond donors (Lipinski definition) is 0. The fourth-order valence-corrected chi connectivity index (χ4v) is 2.64. The van der Waals surface area contributed by atoms with Gasteiger partial charge < -0.3 is 4.74 Å². The Morgan fingerprint density at radius 1 is 1.19 bits per heavy atom. The molecule has 0 aromatic heterocycles. The third-order valence-corrected chi connectivity index (χ3v) is 3.91. The minimum Gasteiger partial charge on any atom is -0.488 e. The van der Waals surface area contributed by atoms with Gasteiger partial charge in [-0.3, -0.25) is 0 Å². The SMILES string of the molecule is N#CC=Cc1ccc(OCc2ccc(Cl)cc2Cl)c(Br)c1. The van der Waals surface area contributed by atoms with Crippen molar-refractivity contribution in [2.24, 2.45) is 0 Å². The van der Waals surface area contributed by atoms with E-state index >= 15 is 0 Å². The number of nitriles is 1. The van der Waals surface area contributed by atoms with Crippen molar-refractivity contribution in [3.05, 3.63) is 68.1 Å². The minimum absolute atomic E-state index is 0.349. The molecule has 0 saturated carbocycles. The van der Waals surface area contributed by atoms with Crippen molar-refractivity contribution < 1.29 is 4.74 Å². The van der Waals surface area contributed by atoms with Crippen molar-refractivity contribution in [1.29, 1.82) is 5.26 Å². The first-order valence-corrected chi connectivity index (χ1v) is 7.57. The Hall–Kier alpha value is -1.47. The predicted octanol–water partition coefficient (Wildman–Crippen LogP) is 5.87. The molecule has 0 atom stereocenters. The maximum absolute atomic E-state index is 8.51. The van der Waals surface area contributed by atoms with Gasteiger partial charge in [-0.25, -0.2) is 0 Å². The highest BCUT2D eigenvalue weighted by molar-refractivity contribution is 9.10. The largest absolute Gasteiger partial charge is 0.488 e. The molecule has 0 aliphatic carbocycles. The van der Waals surface area contributed by atoms with Crippen LogP contribution in [0.4, 0.5) is 0 Å². The predicted molar refractivity (Wildman–Crippen MR) is 89.6 cm³/mol. The van der Waals surface area contributed by atoms with Crippen LogP contribution in [0.5, 0.6) is 5.75 Å². The fourth-order valence-electron chi connectivity index (χ4n) is 1.67. The molecular formula is C16H10BrCl2NO. The monoisotopic (exact) mass is 381 g/mol. The van der Waals surface area contributed by atoms with E-state index in [-0.39, 0.29) is 0 Å². The Kier molecular flexibility index (Phi) is 5.69. The molecule has 2 aromatic rings. The van der Waals surface area contributed by atoms with Crippen LogP contribution in [0.2, 0.25) is 10.0 Å². The van der Waals surface area contributed by atoms with Crippen molar-refractivity contribution in [1.82, 2.24) is 0 Å². The molecule has 0 aliphatic heterocycles. The van der Waals surface area contributed by atoms with E-state index in [1.807, 2.05) is 30.3 Å². The molecule has 2 rings (SSSR count). The van der Waals surface area contributed by atoms with E-state index in [1.165, 1.54) is 6.08 Å². The lowest BCUT2D eigenvalue weighted by Crippen LogP contribution is -1.97. The van der Waals surface area contributed by atoms with Gasteiger partial charge in [-0.2, -0.15) is 5.26 Å². The summed E-state index contributed by atoms with van der Waals surface area (Å²) in [6, 6.07) is 12.8. The van der Waals surface area contributed by atoms with E-state index in [0.717, 1.165) is 15.6 Å². The van der Waals surface area contributed by atoms with E-state index in [4.69, 9.17) is 33.2 Å². The van der Waals surface area contributed by atoms with Crippen molar-refractivity contribution in [2.45, 2.75) is 6.61 Å². The summed E-state index contributed by atoms with van der Waals surface area (Å²) in [6.45, 7) is 0.349. The van der Waals surface area contributed by atoms with Gasteiger partial charge in [0.1, 0.15) is 12.4 Å². The number of allylic oxidation sites excluding steroid dienone is 1. The lowest BCUT2D eigenvalue weighted by atomic mass is 10.2. The summed E-state index contributed by atoms with van der Waals surface area (Å²) >= 11 is 15.4. The summed E-state index contributed by atoms with van der Waals surface area (Å²) in [5.74, 6) is 0.704. The van der Waals surface area contributed by atoms with E-state index in [9.17, 15) is 0 Å². The van der Waals surface area contributed by atoms with Crippen molar-refractivity contribution in [2.75, 3.05) is 0 Å². The van der Waals surface area contributed by atoms with E-state index < -0.39 is 0 Å². The molecule has 0 bridgehead atoms. The zero-order chi connectivity index (χ0) is 15.2. The average Bonchev–Trinajstić information content (AvgIpc) is 2.45. The van der Waals surface area contributed by atoms with Crippen LogP contribution < -0.4 is 4.74 Å².